The zero-order chi connectivity index (χ0) is 11.0. The molecule has 0 bridgehead atoms. The van der Waals surface area contributed by atoms with Gasteiger partial charge < -0.3 is 0 Å². The number of pyridine rings is 1. The second kappa shape index (κ2) is 3.38. The first-order chi connectivity index (χ1) is 7.09. The Morgan fingerprint density at radius 1 is 1.33 bits per heavy atom. The Balaban J connectivity index is 2.64. The fraction of sp³-hybridized carbons (Fsp3) is 0.273. The molecule has 0 unspecified atom stereocenters. The van der Waals surface area contributed by atoms with Gasteiger partial charge in [0, 0.05) is 30.6 Å². The minimum absolute atomic E-state index is 0.0180. The van der Waals surface area contributed by atoms with E-state index in [1.54, 1.807) is 28.4 Å². The molecule has 2 rings (SSSR count). The monoisotopic (exact) mass is 203 g/mol. The van der Waals surface area contributed by atoms with E-state index in [1.807, 2.05) is 26.1 Å². The third kappa shape index (κ3) is 1.58. The molecule has 0 radical (unpaired) electrons. The summed E-state index contributed by atoms with van der Waals surface area (Å²) in [7, 11) is 1.86. The number of hydrogen-bond acceptors (Lipinski definition) is 2. The summed E-state index contributed by atoms with van der Waals surface area (Å²) >= 11 is 0. The van der Waals surface area contributed by atoms with Crippen LogP contribution >= 0.6 is 0 Å². The molecule has 4 nitrogen and oxygen atoms in total. The lowest BCUT2D eigenvalue weighted by Crippen LogP contribution is -2.19. The van der Waals surface area contributed by atoms with Gasteiger partial charge in [-0.15, -0.1) is 0 Å². The molecule has 2 aromatic rings. The van der Waals surface area contributed by atoms with Crippen LogP contribution < -0.4 is 5.56 Å². The summed E-state index contributed by atoms with van der Waals surface area (Å²) in [6.45, 7) is 3.76. The molecule has 0 aromatic carbocycles. The first kappa shape index (κ1) is 9.71. The van der Waals surface area contributed by atoms with Crippen molar-refractivity contribution in [3.8, 4) is 5.82 Å². The van der Waals surface area contributed by atoms with Gasteiger partial charge in [-0.2, -0.15) is 5.10 Å². The van der Waals surface area contributed by atoms with E-state index in [4.69, 9.17) is 0 Å². The average Bonchev–Trinajstić information content (AvgIpc) is 2.51. The molecule has 0 fully saturated rings. The summed E-state index contributed by atoms with van der Waals surface area (Å²) in [5, 5.41) is 4.26. The highest BCUT2D eigenvalue weighted by atomic mass is 16.1. The Bertz CT molecular complexity index is 532. The van der Waals surface area contributed by atoms with Crippen molar-refractivity contribution in [2.45, 2.75) is 13.8 Å². The van der Waals surface area contributed by atoms with Crippen LogP contribution in [-0.4, -0.2) is 14.3 Å². The van der Waals surface area contributed by atoms with Gasteiger partial charge in [-0.05, 0) is 19.9 Å². The Morgan fingerprint density at radius 3 is 2.67 bits per heavy atom. The molecule has 0 spiro atoms. The zero-order valence-corrected chi connectivity index (χ0v) is 9.06. The largest absolute Gasteiger partial charge is 0.271 e. The Kier molecular flexibility index (Phi) is 2.19. The highest BCUT2D eigenvalue weighted by molar-refractivity contribution is 5.26. The highest BCUT2D eigenvalue weighted by Crippen LogP contribution is 2.05. The second-order valence-electron chi connectivity index (χ2n) is 3.63. The van der Waals surface area contributed by atoms with Crippen LogP contribution in [0, 0.1) is 13.8 Å². The van der Waals surface area contributed by atoms with Crippen molar-refractivity contribution in [1.29, 1.82) is 0 Å². The maximum absolute atomic E-state index is 11.8. The van der Waals surface area contributed by atoms with E-state index in [-0.39, 0.29) is 5.56 Å². The van der Waals surface area contributed by atoms with Crippen molar-refractivity contribution in [2.75, 3.05) is 0 Å². The third-order valence-corrected chi connectivity index (χ3v) is 2.49. The molecule has 0 aliphatic rings. The fourth-order valence-electron chi connectivity index (χ4n) is 1.44. The van der Waals surface area contributed by atoms with Crippen molar-refractivity contribution in [2.24, 2.45) is 7.05 Å². The van der Waals surface area contributed by atoms with E-state index < -0.39 is 0 Å². The van der Waals surface area contributed by atoms with Crippen LogP contribution in [0.15, 0.2) is 29.2 Å². The second-order valence-corrected chi connectivity index (χ2v) is 3.63. The van der Waals surface area contributed by atoms with E-state index >= 15 is 0 Å². The van der Waals surface area contributed by atoms with Crippen LogP contribution in [0.5, 0.6) is 0 Å². The van der Waals surface area contributed by atoms with Gasteiger partial charge in [-0.25, -0.2) is 0 Å². The van der Waals surface area contributed by atoms with Gasteiger partial charge in [-0.1, -0.05) is 6.07 Å². The first-order valence-corrected chi connectivity index (χ1v) is 4.79. The summed E-state index contributed by atoms with van der Waals surface area (Å²) in [5.41, 5.74) is 1.73. The number of aromatic nitrogens is 3. The summed E-state index contributed by atoms with van der Waals surface area (Å²) in [5.74, 6) is 0.670. The summed E-state index contributed by atoms with van der Waals surface area (Å²) in [6.07, 6.45) is 1.73. The topological polar surface area (TPSA) is 39.8 Å². The molecule has 0 atom stereocenters. The van der Waals surface area contributed by atoms with Gasteiger partial charge in [0.05, 0.1) is 0 Å². The Hall–Kier alpha value is -1.84. The first-order valence-electron chi connectivity index (χ1n) is 4.79. The molecular weight excluding hydrogens is 190 g/mol. The van der Waals surface area contributed by atoms with Crippen molar-refractivity contribution in [1.82, 2.24) is 14.3 Å². The van der Waals surface area contributed by atoms with Gasteiger partial charge in [0.1, 0.15) is 0 Å². The molecule has 2 aromatic heterocycles. The SMILES string of the molecule is Cc1cccn(-c2cc(C)n(C)n2)c1=O. The predicted molar refractivity (Wildman–Crippen MR) is 58.3 cm³/mol. The van der Waals surface area contributed by atoms with Crippen molar-refractivity contribution >= 4 is 0 Å². The lowest BCUT2D eigenvalue weighted by Gasteiger charge is -2.01. The number of hydrogen-bond donors (Lipinski definition) is 0. The lowest BCUT2D eigenvalue weighted by atomic mass is 10.3. The predicted octanol–water partition coefficient (Wildman–Crippen LogP) is 1.19. The number of rotatable bonds is 1. The zero-order valence-electron chi connectivity index (χ0n) is 9.06. The van der Waals surface area contributed by atoms with E-state index in [0.29, 0.717) is 5.82 Å². The Labute approximate surface area is 87.8 Å². The minimum atomic E-state index is -0.0180. The molecular formula is C11H13N3O. The molecule has 0 saturated carbocycles. The normalized spacial score (nSPS) is 10.6. The molecule has 0 amide bonds. The maximum atomic E-state index is 11.8. The van der Waals surface area contributed by atoms with Gasteiger partial charge in [-0.3, -0.25) is 14.0 Å². The fourth-order valence-corrected chi connectivity index (χ4v) is 1.44. The molecule has 2 heterocycles. The number of aryl methyl sites for hydroxylation is 3. The van der Waals surface area contributed by atoms with Crippen LogP contribution in [0.3, 0.4) is 0 Å². The molecule has 15 heavy (non-hydrogen) atoms. The van der Waals surface area contributed by atoms with Crippen LogP contribution in [0.25, 0.3) is 5.82 Å². The molecule has 0 aliphatic heterocycles. The maximum Gasteiger partial charge on any atom is 0.259 e. The molecule has 4 heteroatoms. The number of nitrogens with zero attached hydrogens (tertiary/aromatic N) is 3. The highest BCUT2D eigenvalue weighted by Gasteiger charge is 2.05. The molecule has 0 N–H and O–H groups in total. The van der Waals surface area contributed by atoms with Crippen molar-refractivity contribution < 1.29 is 0 Å². The van der Waals surface area contributed by atoms with E-state index in [1.165, 1.54) is 0 Å². The summed E-state index contributed by atoms with van der Waals surface area (Å²) in [4.78, 5) is 11.8. The summed E-state index contributed by atoms with van der Waals surface area (Å²) < 4.78 is 3.31. The summed E-state index contributed by atoms with van der Waals surface area (Å²) in [6, 6.07) is 5.54. The van der Waals surface area contributed by atoms with Crippen molar-refractivity contribution in [3.63, 3.8) is 0 Å². The third-order valence-electron chi connectivity index (χ3n) is 2.49. The molecule has 0 saturated heterocycles. The van der Waals surface area contributed by atoms with E-state index in [9.17, 15) is 4.79 Å². The average molecular weight is 203 g/mol. The van der Waals surface area contributed by atoms with E-state index in [0.717, 1.165) is 11.3 Å². The Morgan fingerprint density at radius 2 is 2.07 bits per heavy atom. The van der Waals surface area contributed by atoms with Gasteiger partial charge in [0.15, 0.2) is 5.82 Å². The molecule has 78 valence electrons. The van der Waals surface area contributed by atoms with Crippen LogP contribution in [0.1, 0.15) is 11.3 Å². The van der Waals surface area contributed by atoms with E-state index in [2.05, 4.69) is 5.10 Å². The minimum Gasteiger partial charge on any atom is -0.271 e. The smallest absolute Gasteiger partial charge is 0.259 e. The lowest BCUT2D eigenvalue weighted by molar-refractivity contribution is 0.724. The molecule has 0 aliphatic carbocycles. The van der Waals surface area contributed by atoms with Gasteiger partial charge in [0.2, 0.25) is 0 Å². The van der Waals surface area contributed by atoms with Crippen molar-refractivity contribution in [3.05, 3.63) is 46.0 Å². The van der Waals surface area contributed by atoms with Gasteiger partial charge in [0.25, 0.3) is 5.56 Å². The standard InChI is InChI=1S/C11H13N3O/c1-8-5-4-6-14(11(8)15)10-7-9(2)13(3)12-10/h4-7H,1-3H3. The van der Waals surface area contributed by atoms with Gasteiger partial charge >= 0.3 is 0 Å². The quantitative estimate of drug-likeness (QED) is 0.698. The van der Waals surface area contributed by atoms with Crippen LogP contribution in [-0.2, 0) is 7.05 Å². The van der Waals surface area contributed by atoms with Crippen LogP contribution in [0.4, 0.5) is 0 Å². The van der Waals surface area contributed by atoms with Crippen LogP contribution in [0.2, 0.25) is 0 Å².